The van der Waals surface area contributed by atoms with E-state index in [1.165, 1.54) is 47.3 Å². The van der Waals surface area contributed by atoms with Crippen molar-refractivity contribution in [3.63, 3.8) is 0 Å². The van der Waals surface area contributed by atoms with Crippen molar-refractivity contribution in [3.05, 3.63) is 0 Å². The van der Waals surface area contributed by atoms with Gasteiger partial charge in [0, 0.05) is 0 Å². The van der Waals surface area contributed by atoms with Crippen LogP contribution in [0.4, 0.5) is 0 Å². The fourth-order valence-corrected chi connectivity index (χ4v) is 6.89. The Balaban J connectivity index is 0.000000246. The average Bonchev–Trinajstić information content (AvgIpc) is 2.36. The van der Waals surface area contributed by atoms with Crippen LogP contribution in [0, 0.1) is 47.3 Å². The van der Waals surface area contributed by atoms with Gasteiger partial charge in [-0.15, -0.1) is 0 Å². The lowest BCUT2D eigenvalue weighted by atomic mass is 9.36. The summed E-state index contributed by atoms with van der Waals surface area (Å²) < 4.78 is 0. The van der Waals surface area contributed by atoms with Gasteiger partial charge in [-0.2, -0.15) is 0 Å². The lowest BCUT2D eigenvalue weighted by Crippen LogP contribution is -2.62. The van der Waals surface area contributed by atoms with Crippen LogP contribution in [-0.4, -0.2) is 5.75 Å². The molecular formula is C15H21ClO. The number of hydrogen-bond acceptors (Lipinski definition) is 1. The minimum Gasteiger partial charge on any atom is -0.285 e. The molecule has 7 fully saturated rings. The molecular weight excluding hydrogens is 232 g/mol. The molecule has 0 aromatic rings. The summed E-state index contributed by atoms with van der Waals surface area (Å²) in [6.07, 6.45) is 9.93. The largest absolute Gasteiger partial charge is 0.285 e. The Hall–Kier alpha value is -0.0400. The lowest BCUT2D eigenvalue weighted by Gasteiger charge is -2.69. The number of carbonyl (C=O) groups excluding carboxylic acids is 1. The Kier molecular flexibility index (Phi) is 2.38. The number of hydrogen-bond donors (Lipinski definition) is 0. The molecule has 1 nitrogen and oxygen atoms in total. The molecule has 0 aromatic heterocycles. The summed E-state index contributed by atoms with van der Waals surface area (Å²) in [6, 6.07) is 0. The van der Waals surface area contributed by atoms with E-state index in [-0.39, 0.29) is 5.75 Å². The molecule has 7 aliphatic rings. The highest BCUT2D eigenvalue weighted by molar-refractivity contribution is 6.54. The van der Waals surface area contributed by atoms with Crippen molar-refractivity contribution in [2.75, 3.05) is 0 Å². The van der Waals surface area contributed by atoms with E-state index < -0.39 is 0 Å². The van der Waals surface area contributed by atoms with E-state index in [1.54, 1.807) is 38.5 Å². The molecule has 7 rings (SSSR count). The minimum atomic E-state index is 0.222. The van der Waals surface area contributed by atoms with Gasteiger partial charge in [0.25, 0.3) is 0 Å². The molecule has 2 heteroatoms. The van der Waals surface area contributed by atoms with E-state index in [2.05, 4.69) is 11.6 Å². The Bertz CT molecular complexity index is 252. The van der Waals surface area contributed by atoms with Gasteiger partial charge < -0.3 is 0 Å². The second-order valence-corrected chi connectivity index (χ2v) is 7.40. The van der Waals surface area contributed by atoms with Crippen LogP contribution in [0.1, 0.15) is 38.5 Å². The molecule has 17 heavy (non-hydrogen) atoms. The first kappa shape index (κ1) is 10.8. The predicted molar refractivity (Wildman–Crippen MR) is 68.2 cm³/mol. The van der Waals surface area contributed by atoms with E-state index in [4.69, 9.17) is 4.79 Å². The molecule has 0 heterocycles. The molecule has 0 aromatic carbocycles. The first-order valence-corrected chi connectivity index (χ1v) is 7.79. The Labute approximate surface area is 108 Å². The molecule has 0 amide bonds. The zero-order chi connectivity index (χ0) is 11.6. The van der Waals surface area contributed by atoms with Gasteiger partial charge in [-0.05, 0) is 97.5 Å². The third kappa shape index (κ3) is 1.35. The van der Waals surface area contributed by atoms with Crippen LogP contribution in [0.2, 0.25) is 0 Å². The minimum absolute atomic E-state index is 0.222. The molecule has 0 unspecified atom stereocenters. The zero-order valence-electron chi connectivity index (χ0n) is 10.2. The van der Waals surface area contributed by atoms with Gasteiger partial charge in [0.2, 0.25) is 5.75 Å². The van der Waals surface area contributed by atoms with Crippen molar-refractivity contribution in [2.24, 2.45) is 47.3 Å². The average molecular weight is 253 g/mol. The van der Waals surface area contributed by atoms with Gasteiger partial charge >= 0.3 is 0 Å². The van der Waals surface area contributed by atoms with Crippen molar-refractivity contribution >= 4 is 17.3 Å². The highest BCUT2D eigenvalue weighted by atomic mass is 35.5. The normalized spacial score (nSPS) is 60.1. The summed E-state index contributed by atoms with van der Waals surface area (Å²) in [7, 11) is 0. The summed E-state index contributed by atoms with van der Waals surface area (Å²) in [5.41, 5.74) is 0. The third-order valence-corrected chi connectivity index (χ3v) is 6.93. The maximum Gasteiger partial charge on any atom is 0.208 e. The Morgan fingerprint density at radius 2 is 0.824 bits per heavy atom. The summed E-state index contributed by atoms with van der Waals surface area (Å²) in [5, 5.41) is 0. The number of rotatable bonds is 0. The summed E-state index contributed by atoms with van der Waals surface area (Å²) in [6.45, 7) is 0. The molecule has 0 aliphatic heterocycles. The molecule has 94 valence electrons. The summed E-state index contributed by atoms with van der Waals surface area (Å²) in [4.78, 5) is 8.57. The van der Waals surface area contributed by atoms with Crippen LogP contribution < -0.4 is 0 Å². The zero-order valence-corrected chi connectivity index (χ0v) is 11.0. The van der Waals surface area contributed by atoms with E-state index in [9.17, 15) is 0 Å². The third-order valence-electron chi connectivity index (χ3n) is 6.93. The first-order valence-electron chi connectivity index (χ1n) is 7.35. The smallest absolute Gasteiger partial charge is 0.208 e. The van der Waals surface area contributed by atoms with Crippen molar-refractivity contribution in [1.29, 1.82) is 0 Å². The van der Waals surface area contributed by atoms with E-state index >= 15 is 0 Å². The molecule has 0 N–H and O–H groups in total. The quantitative estimate of drug-likeness (QED) is 0.474. The first-order chi connectivity index (χ1) is 8.31. The van der Waals surface area contributed by atoms with Crippen molar-refractivity contribution in [3.8, 4) is 0 Å². The Morgan fingerprint density at radius 3 is 1.00 bits per heavy atom. The van der Waals surface area contributed by atoms with Gasteiger partial charge in [0.1, 0.15) is 0 Å². The topological polar surface area (TPSA) is 17.1 Å². The molecule has 0 radical (unpaired) electrons. The van der Waals surface area contributed by atoms with Crippen LogP contribution >= 0.6 is 11.6 Å². The van der Waals surface area contributed by atoms with Gasteiger partial charge in [-0.25, -0.2) is 0 Å². The van der Waals surface area contributed by atoms with Crippen LogP contribution in [-0.2, 0) is 4.79 Å². The molecule has 8 bridgehead atoms. The Morgan fingerprint density at radius 1 is 0.647 bits per heavy atom. The molecule has 0 spiro atoms. The highest BCUT2D eigenvalue weighted by Gasteiger charge is 2.63. The van der Waals surface area contributed by atoms with E-state index in [0.29, 0.717) is 0 Å². The standard InChI is InChI=1S/C14H20.CHClO/c1-7-2-12-10-4-8-5-11(9(1)10)13(3-7)14(12)6-8;2-1-3/h7-14H,1-6H2;1H. The maximum atomic E-state index is 8.57. The molecule has 7 saturated carbocycles. The van der Waals surface area contributed by atoms with Crippen LogP contribution in [0.25, 0.3) is 0 Å². The van der Waals surface area contributed by atoms with E-state index in [0.717, 1.165) is 0 Å². The second-order valence-electron chi connectivity index (χ2n) is 7.22. The van der Waals surface area contributed by atoms with Crippen molar-refractivity contribution in [2.45, 2.75) is 38.5 Å². The highest BCUT2D eigenvalue weighted by Crippen LogP contribution is 2.71. The van der Waals surface area contributed by atoms with Crippen LogP contribution in [0.3, 0.4) is 0 Å². The predicted octanol–water partition coefficient (Wildman–Crippen LogP) is 3.74. The fraction of sp³-hybridized carbons (Fsp3) is 0.933. The monoisotopic (exact) mass is 252 g/mol. The summed E-state index contributed by atoms with van der Waals surface area (Å²) in [5.74, 6) is 9.96. The molecule has 7 aliphatic carbocycles. The second kappa shape index (κ2) is 3.73. The summed E-state index contributed by atoms with van der Waals surface area (Å²) >= 11 is 4.32. The van der Waals surface area contributed by atoms with Crippen molar-refractivity contribution in [1.82, 2.24) is 0 Å². The van der Waals surface area contributed by atoms with E-state index in [1.807, 2.05) is 0 Å². The molecule has 0 saturated heterocycles. The van der Waals surface area contributed by atoms with Gasteiger partial charge in [-0.1, -0.05) is 0 Å². The number of halogens is 1. The maximum absolute atomic E-state index is 8.57. The fourth-order valence-electron chi connectivity index (χ4n) is 6.89. The molecule has 0 atom stereocenters. The van der Waals surface area contributed by atoms with Crippen molar-refractivity contribution < 1.29 is 4.79 Å². The number of carbonyl (C=O) groups is 1. The van der Waals surface area contributed by atoms with Gasteiger partial charge in [-0.3, -0.25) is 4.79 Å². The van der Waals surface area contributed by atoms with Crippen LogP contribution in [0.15, 0.2) is 0 Å². The lowest BCUT2D eigenvalue weighted by molar-refractivity contribution is -0.202. The van der Waals surface area contributed by atoms with Crippen LogP contribution in [0.5, 0.6) is 0 Å². The SMILES string of the molecule is C1C2CC3C4CC5CC(C14)C(C2)C3C5.O=CCl. The van der Waals surface area contributed by atoms with Gasteiger partial charge in [0.15, 0.2) is 0 Å². The van der Waals surface area contributed by atoms with Gasteiger partial charge in [0.05, 0.1) is 0 Å².